The SMILES string of the molecule is CN=C(C)c1cc(C2CCNCC2)ccc1OC. The van der Waals surface area contributed by atoms with Crippen LogP contribution >= 0.6 is 0 Å². The standard InChI is InChI=1S/C15H22N2O/c1-11(16-2)14-10-13(4-5-15(14)18-3)12-6-8-17-9-7-12/h4-5,10,12,17H,6-9H2,1-3H3. The van der Waals surface area contributed by atoms with Crippen molar-refractivity contribution in [3.63, 3.8) is 0 Å². The lowest BCUT2D eigenvalue weighted by Gasteiger charge is -2.24. The van der Waals surface area contributed by atoms with Crippen molar-refractivity contribution in [2.75, 3.05) is 27.2 Å². The summed E-state index contributed by atoms with van der Waals surface area (Å²) in [6.07, 6.45) is 2.43. The van der Waals surface area contributed by atoms with E-state index in [1.54, 1.807) is 7.11 Å². The van der Waals surface area contributed by atoms with E-state index in [9.17, 15) is 0 Å². The van der Waals surface area contributed by atoms with Gasteiger partial charge in [-0.2, -0.15) is 0 Å². The van der Waals surface area contributed by atoms with E-state index in [2.05, 4.69) is 28.5 Å². The number of piperidine rings is 1. The van der Waals surface area contributed by atoms with Crippen molar-refractivity contribution in [2.24, 2.45) is 4.99 Å². The average Bonchev–Trinajstić information content (AvgIpc) is 2.46. The minimum absolute atomic E-state index is 0.667. The number of nitrogens with one attached hydrogen (secondary N) is 1. The Labute approximate surface area is 109 Å². The molecule has 1 N–H and O–H groups in total. The van der Waals surface area contributed by atoms with Crippen molar-refractivity contribution in [1.82, 2.24) is 5.32 Å². The topological polar surface area (TPSA) is 33.6 Å². The van der Waals surface area contributed by atoms with Gasteiger partial charge in [-0.1, -0.05) is 6.07 Å². The van der Waals surface area contributed by atoms with Gasteiger partial charge in [-0.25, -0.2) is 0 Å². The average molecular weight is 246 g/mol. The summed E-state index contributed by atoms with van der Waals surface area (Å²) < 4.78 is 5.42. The highest BCUT2D eigenvalue weighted by Crippen LogP contribution is 2.29. The van der Waals surface area contributed by atoms with Gasteiger partial charge in [0.25, 0.3) is 0 Å². The van der Waals surface area contributed by atoms with Crippen LogP contribution in [0.15, 0.2) is 23.2 Å². The lowest BCUT2D eigenvalue weighted by molar-refractivity contribution is 0.413. The molecule has 0 aromatic heterocycles. The van der Waals surface area contributed by atoms with Crippen LogP contribution < -0.4 is 10.1 Å². The Bertz CT molecular complexity index is 434. The second-order valence-electron chi connectivity index (χ2n) is 4.79. The second kappa shape index (κ2) is 6.01. The Hall–Kier alpha value is -1.35. The molecule has 98 valence electrons. The molecule has 3 nitrogen and oxygen atoms in total. The summed E-state index contributed by atoms with van der Waals surface area (Å²) in [5.41, 5.74) is 3.56. The van der Waals surface area contributed by atoms with E-state index in [1.807, 2.05) is 14.0 Å². The predicted octanol–water partition coefficient (Wildman–Crippen LogP) is 2.60. The lowest BCUT2D eigenvalue weighted by Crippen LogP contribution is -2.26. The summed E-state index contributed by atoms with van der Waals surface area (Å²) in [6.45, 7) is 4.27. The molecule has 1 heterocycles. The second-order valence-corrected chi connectivity index (χ2v) is 4.79. The van der Waals surface area contributed by atoms with E-state index < -0.39 is 0 Å². The van der Waals surface area contributed by atoms with Crippen LogP contribution in [0.5, 0.6) is 5.75 Å². The molecule has 0 amide bonds. The number of rotatable bonds is 3. The molecule has 1 aromatic rings. The number of ether oxygens (including phenoxy) is 1. The highest BCUT2D eigenvalue weighted by molar-refractivity contribution is 6.01. The van der Waals surface area contributed by atoms with Gasteiger partial charge in [-0.15, -0.1) is 0 Å². The van der Waals surface area contributed by atoms with E-state index in [0.29, 0.717) is 5.92 Å². The van der Waals surface area contributed by atoms with Gasteiger partial charge in [0.1, 0.15) is 5.75 Å². The summed E-state index contributed by atoms with van der Waals surface area (Å²) in [4.78, 5) is 4.28. The molecule has 0 aliphatic carbocycles. The van der Waals surface area contributed by atoms with Gasteiger partial charge in [0.2, 0.25) is 0 Å². The fourth-order valence-electron chi connectivity index (χ4n) is 2.54. The van der Waals surface area contributed by atoms with Crippen molar-refractivity contribution in [1.29, 1.82) is 0 Å². The molecule has 0 unspecified atom stereocenters. The maximum atomic E-state index is 5.42. The quantitative estimate of drug-likeness (QED) is 0.832. The van der Waals surface area contributed by atoms with Gasteiger partial charge in [-0.3, -0.25) is 4.99 Å². The van der Waals surface area contributed by atoms with Crippen molar-refractivity contribution in [3.8, 4) is 5.75 Å². The monoisotopic (exact) mass is 246 g/mol. The van der Waals surface area contributed by atoms with Gasteiger partial charge in [0.15, 0.2) is 0 Å². The van der Waals surface area contributed by atoms with Gasteiger partial charge >= 0.3 is 0 Å². The zero-order valence-corrected chi connectivity index (χ0v) is 11.5. The molecular weight excluding hydrogens is 224 g/mol. The minimum atomic E-state index is 0.667. The molecule has 0 atom stereocenters. The van der Waals surface area contributed by atoms with E-state index >= 15 is 0 Å². The molecule has 3 heteroatoms. The first-order valence-corrected chi connectivity index (χ1v) is 6.58. The summed E-state index contributed by atoms with van der Waals surface area (Å²) in [6, 6.07) is 6.51. The van der Waals surface area contributed by atoms with Crippen molar-refractivity contribution in [2.45, 2.75) is 25.7 Å². The van der Waals surface area contributed by atoms with E-state index in [1.165, 1.54) is 18.4 Å². The number of hydrogen-bond acceptors (Lipinski definition) is 3. The van der Waals surface area contributed by atoms with Gasteiger partial charge in [0.05, 0.1) is 7.11 Å². The third-order valence-corrected chi connectivity index (χ3v) is 3.76. The number of methoxy groups -OCH3 is 1. The fourth-order valence-corrected chi connectivity index (χ4v) is 2.54. The summed E-state index contributed by atoms with van der Waals surface area (Å²) in [5.74, 6) is 1.58. The molecule has 1 saturated heterocycles. The van der Waals surface area contributed by atoms with Crippen molar-refractivity contribution < 1.29 is 4.74 Å². The molecule has 0 spiro atoms. The molecular formula is C15H22N2O. The van der Waals surface area contributed by atoms with Crippen LogP contribution in [0.3, 0.4) is 0 Å². The Morgan fingerprint density at radius 1 is 1.33 bits per heavy atom. The first kappa shape index (κ1) is 13.1. The van der Waals surface area contributed by atoms with E-state index in [4.69, 9.17) is 4.74 Å². The normalized spacial score (nSPS) is 17.8. The van der Waals surface area contributed by atoms with Crippen LogP contribution in [-0.4, -0.2) is 33.0 Å². The molecule has 1 aliphatic rings. The molecule has 1 aromatic carbocycles. The van der Waals surface area contributed by atoms with Crippen LogP contribution in [0.4, 0.5) is 0 Å². The van der Waals surface area contributed by atoms with Gasteiger partial charge < -0.3 is 10.1 Å². The molecule has 1 fully saturated rings. The zero-order valence-electron chi connectivity index (χ0n) is 11.5. The largest absolute Gasteiger partial charge is 0.496 e. The zero-order chi connectivity index (χ0) is 13.0. The number of benzene rings is 1. The predicted molar refractivity (Wildman–Crippen MR) is 76.0 cm³/mol. The molecule has 0 saturated carbocycles. The maximum absolute atomic E-state index is 5.42. The third kappa shape index (κ3) is 2.72. The van der Waals surface area contributed by atoms with E-state index in [0.717, 1.165) is 30.1 Å². The summed E-state index contributed by atoms with van der Waals surface area (Å²) >= 11 is 0. The smallest absolute Gasteiger partial charge is 0.127 e. The number of nitrogens with zero attached hydrogens (tertiary/aromatic N) is 1. The highest BCUT2D eigenvalue weighted by Gasteiger charge is 2.17. The Kier molecular flexibility index (Phi) is 4.37. The van der Waals surface area contributed by atoms with E-state index in [-0.39, 0.29) is 0 Å². The molecule has 0 radical (unpaired) electrons. The first-order chi connectivity index (χ1) is 8.76. The minimum Gasteiger partial charge on any atom is -0.496 e. The first-order valence-electron chi connectivity index (χ1n) is 6.58. The summed E-state index contributed by atoms with van der Waals surface area (Å²) in [5, 5.41) is 3.41. The number of hydrogen-bond donors (Lipinski definition) is 1. The van der Waals surface area contributed by atoms with Gasteiger partial charge in [0, 0.05) is 18.3 Å². The molecule has 18 heavy (non-hydrogen) atoms. The highest BCUT2D eigenvalue weighted by atomic mass is 16.5. The van der Waals surface area contributed by atoms with Crippen LogP contribution in [0.25, 0.3) is 0 Å². The van der Waals surface area contributed by atoms with Crippen LogP contribution in [0.1, 0.15) is 36.8 Å². The lowest BCUT2D eigenvalue weighted by atomic mass is 9.88. The van der Waals surface area contributed by atoms with Crippen molar-refractivity contribution in [3.05, 3.63) is 29.3 Å². The molecule has 0 bridgehead atoms. The Balaban J connectivity index is 2.32. The van der Waals surface area contributed by atoms with Crippen molar-refractivity contribution >= 4 is 5.71 Å². The Morgan fingerprint density at radius 3 is 2.67 bits per heavy atom. The summed E-state index contributed by atoms with van der Waals surface area (Å²) in [7, 11) is 3.54. The Morgan fingerprint density at radius 2 is 2.06 bits per heavy atom. The third-order valence-electron chi connectivity index (χ3n) is 3.76. The van der Waals surface area contributed by atoms with Gasteiger partial charge in [-0.05, 0) is 56.5 Å². The molecule has 2 rings (SSSR count). The van der Waals surface area contributed by atoms with Crippen LogP contribution in [0, 0.1) is 0 Å². The van der Waals surface area contributed by atoms with Crippen LogP contribution in [-0.2, 0) is 0 Å². The number of aliphatic imine (C=N–C) groups is 1. The van der Waals surface area contributed by atoms with Crippen LogP contribution in [0.2, 0.25) is 0 Å². The maximum Gasteiger partial charge on any atom is 0.127 e. The molecule has 1 aliphatic heterocycles. The fraction of sp³-hybridized carbons (Fsp3) is 0.533.